The fourth-order valence-electron chi connectivity index (χ4n) is 1.93. The Morgan fingerprint density at radius 3 is 2.88 bits per heavy atom. The van der Waals surface area contributed by atoms with Gasteiger partial charge in [0, 0.05) is 18.9 Å². The lowest BCUT2D eigenvalue weighted by atomic mass is 9.92. The van der Waals surface area contributed by atoms with Gasteiger partial charge in [-0.05, 0) is 13.3 Å². The quantitative estimate of drug-likeness (QED) is 0.724. The van der Waals surface area contributed by atoms with Crippen molar-refractivity contribution < 1.29 is 18.7 Å². The largest absolute Gasteiger partial charge is 0.462 e. The standard InChI is InChI=1S/C12H12O5/c1-2-16-12(15)7-6-10(14)17-9-5-3-4-8(13)11(7)9/h6H,2-5H2,1H3. The van der Waals surface area contributed by atoms with Crippen LogP contribution < -0.4 is 5.63 Å². The summed E-state index contributed by atoms with van der Waals surface area (Å²) in [5, 5.41) is 0. The molecule has 0 amide bonds. The number of hydrogen-bond acceptors (Lipinski definition) is 5. The smallest absolute Gasteiger partial charge is 0.339 e. The van der Waals surface area contributed by atoms with Gasteiger partial charge in [0.05, 0.1) is 17.7 Å². The zero-order valence-corrected chi connectivity index (χ0v) is 9.45. The summed E-state index contributed by atoms with van der Waals surface area (Å²) in [6.07, 6.45) is 1.51. The predicted molar refractivity (Wildman–Crippen MR) is 58.2 cm³/mol. The number of ether oxygens (including phenoxy) is 1. The molecule has 5 nitrogen and oxygen atoms in total. The van der Waals surface area contributed by atoms with Crippen LogP contribution in [0.5, 0.6) is 0 Å². The van der Waals surface area contributed by atoms with E-state index in [9.17, 15) is 14.4 Å². The van der Waals surface area contributed by atoms with Gasteiger partial charge in [0.2, 0.25) is 0 Å². The summed E-state index contributed by atoms with van der Waals surface area (Å²) in [7, 11) is 0. The molecule has 5 heteroatoms. The molecule has 17 heavy (non-hydrogen) atoms. The highest BCUT2D eigenvalue weighted by Crippen LogP contribution is 2.23. The molecule has 0 spiro atoms. The molecule has 1 aliphatic rings. The Balaban J connectivity index is 2.58. The summed E-state index contributed by atoms with van der Waals surface area (Å²) in [5.74, 6) is -0.512. The lowest BCUT2D eigenvalue weighted by Crippen LogP contribution is -2.21. The van der Waals surface area contributed by atoms with Crippen LogP contribution >= 0.6 is 0 Å². The van der Waals surface area contributed by atoms with Crippen LogP contribution in [0.2, 0.25) is 0 Å². The van der Waals surface area contributed by atoms with Crippen LogP contribution in [-0.2, 0) is 11.2 Å². The Hall–Kier alpha value is -1.91. The second-order valence-electron chi connectivity index (χ2n) is 3.77. The maximum absolute atomic E-state index is 11.8. The van der Waals surface area contributed by atoms with Crippen molar-refractivity contribution >= 4 is 11.8 Å². The Bertz CT molecular complexity index is 526. The minimum Gasteiger partial charge on any atom is -0.462 e. The van der Waals surface area contributed by atoms with E-state index in [1.165, 1.54) is 0 Å². The molecule has 1 aromatic heterocycles. The number of Topliss-reactive ketones (excluding diaryl/α,β-unsaturated/α-hetero) is 1. The van der Waals surface area contributed by atoms with Gasteiger partial charge in [0.25, 0.3) is 0 Å². The molecule has 2 rings (SSSR count). The Labute approximate surface area is 97.4 Å². The SMILES string of the molecule is CCOC(=O)c1cc(=O)oc2c1C(=O)CCC2. The fraction of sp³-hybridized carbons (Fsp3) is 0.417. The van der Waals surface area contributed by atoms with Crippen molar-refractivity contribution in [3.63, 3.8) is 0 Å². The maximum atomic E-state index is 11.8. The third-order valence-corrected chi connectivity index (χ3v) is 2.62. The van der Waals surface area contributed by atoms with E-state index in [0.717, 1.165) is 6.07 Å². The highest BCUT2D eigenvalue weighted by molar-refractivity contribution is 6.07. The van der Waals surface area contributed by atoms with E-state index >= 15 is 0 Å². The molecule has 90 valence electrons. The number of carbonyl (C=O) groups is 2. The Morgan fingerprint density at radius 1 is 1.41 bits per heavy atom. The monoisotopic (exact) mass is 236 g/mol. The predicted octanol–water partition coefficient (Wildman–Crippen LogP) is 1.34. The molecule has 0 atom stereocenters. The summed E-state index contributed by atoms with van der Waals surface area (Å²) < 4.78 is 9.78. The Morgan fingerprint density at radius 2 is 2.18 bits per heavy atom. The molecule has 0 radical (unpaired) electrons. The minimum atomic E-state index is -0.646. The van der Waals surface area contributed by atoms with Crippen molar-refractivity contribution in [2.24, 2.45) is 0 Å². The zero-order valence-electron chi connectivity index (χ0n) is 9.45. The van der Waals surface area contributed by atoms with Crippen molar-refractivity contribution in [3.05, 3.63) is 33.4 Å². The average Bonchev–Trinajstić information content (AvgIpc) is 2.28. The van der Waals surface area contributed by atoms with Crippen LogP contribution in [0.15, 0.2) is 15.3 Å². The number of aryl methyl sites for hydroxylation is 1. The fourth-order valence-corrected chi connectivity index (χ4v) is 1.93. The van der Waals surface area contributed by atoms with Crippen molar-refractivity contribution in [1.82, 2.24) is 0 Å². The third-order valence-electron chi connectivity index (χ3n) is 2.62. The molecular formula is C12H12O5. The summed E-state index contributed by atoms with van der Waals surface area (Å²) in [6.45, 7) is 1.86. The van der Waals surface area contributed by atoms with Crippen molar-refractivity contribution in [2.75, 3.05) is 6.61 Å². The molecule has 0 unspecified atom stereocenters. The van der Waals surface area contributed by atoms with Gasteiger partial charge in [0.15, 0.2) is 5.78 Å². The molecule has 0 bridgehead atoms. The van der Waals surface area contributed by atoms with Crippen LogP contribution in [0.1, 0.15) is 46.2 Å². The van der Waals surface area contributed by atoms with E-state index < -0.39 is 11.6 Å². The molecule has 1 heterocycles. The normalized spacial score (nSPS) is 14.3. The van der Waals surface area contributed by atoms with Gasteiger partial charge < -0.3 is 9.15 Å². The number of rotatable bonds is 2. The van der Waals surface area contributed by atoms with Crippen LogP contribution in [0, 0.1) is 0 Å². The second-order valence-corrected chi connectivity index (χ2v) is 3.77. The number of hydrogen-bond donors (Lipinski definition) is 0. The summed E-state index contributed by atoms with van der Waals surface area (Å²) >= 11 is 0. The first-order chi connectivity index (χ1) is 8.13. The van der Waals surface area contributed by atoms with Gasteiger partial charge >= 0.3 is 11.6 Å². The number of esters is 1. The molecule has 0 saturated heterocycles. The van der Waals surface area contributed by atoms with Gasteiger partial charge in [-0.3, -0.25) is 4.79 Å². The molecule has 0 aromatic carbocycles. The van der Waals surface area contributed by atoms with E-state index in [4.69, 9.17) is 9.15 Å². The average molecular weight is 236 g/mol. The van der Waals surface area contributed by atoms with E-state index in [2.05, 4.69) is 0 Å². The summed E-state index contributed by atoms with van der Waals surface area (Å²) in [5.41, 5.74) is -0.376. The van der Waals surface area contributed by atoms with Gasteiger partial charge in [-0.1, -0.05) is 0 Å². The highest BCUT2D eigenvalue weighted by atomic mass is 16.5. The molecule has 0 N–H and O–H groups in total. The molecule has 1 aromatic rings. The van der Waals surface area contributed by atoms with Gasteiger partial charge in [-0.15, -0.1) is 0 Å². The van der Waals surface area contributed by atoms with Gasteiger partial charge in [-0.2, -0.15) is 0 Å². The molecular weight excluding hydrogens is 224 g/mol. The molecule has 1 aliphatic carbocycles. The van der Waals surface area contributed by atoms with E-state index in [0.29, 0.717) is 25.0 Å². The lowest BCUT2D eigenvalue weighted by molar-refractivity contribution is 0.0520. The maximum Gasteiger partial charge on any atom is 0.339 e. The van der Waals surface area contributed by atoms with E-state index in [1.54, 1.807) is 6.92 Å². The third kappa shape index (κ3) is 2.13. The first-order valence-electron chi connectivity index (χ1n) is 5.50. The highest BCUT2D eigenvalue weighted by Gasteiger charge is 2.27. The number of carbonyl (C=O) groups excluding carboxylic acids is 2. The topological polar surface area (TPSA) is 73.6 Å². The number of fused-ring (bicyclic) bond motifs is 1. The lowest BCUT2D eigenvalue weighted by Gasteiger charge is -2.15. The van der Waals surface area contributed by atoms with Gasteiger partial charge in [-0.25, -0.2) is 9.59 Å². The molecule has 0 saturated carbocycles. The van der Waals surface area contributed by atoms with Crippen LogP contribution in [-0.4, -0.2) is 18.4 Å². The van der Waals surface area contributed by atoms with Crippen LogP contribution in [0.4, 0.5) is 0 Å². The van der Waals surface area contributed by atoms with Crippen LogP contribution in [0.25, 0.3) is 0 Å². The van der Waals surface area contributed by atoms with E-state index in [-0.39, 0.29) is 23.5 Å². The molecule has 0 fully saturated rings. The second kappa shape index (κ2) is 4.53. The minimum absolute atomic E-state index is 0.0304. The van der Waals surface area contributed by atoms with Crippen LogP contribution in [0.3, 0.4) is 0 Å². The zero-order chi connectivity index (χ0) is 12.4. The van der Waals surface area contributed by atoms with Crippen molar-refractivity contribution in [2.45, 2.75) is 26.2 Å². The Kier molecular flexibility index (Phi) is 3.08. The van der Waals surface area contributed by atoms with E-state index in [1.807, 2.05) is 0 Å². The first kappa shape index (κ1) is 11.6. The first-order valence-corrected chi connectivity index (χ1v) is 5.50. The summed E-state index contributed by atoms with van der Waals surface area (Å²) in [6, 6.07) is 1.03. The number of ketones is 1. The van der Waals surface area contributed by atoms with Crippen molar-refractivity contribution in [1.29, 1.82) is 0 Å². The molecule has 0 aliphatic heterocycles. The van der Waals surface area contributed by atoms with Gasteiger partial charge in [0.1, 0.15) is 5.76 Å². The summed E-state index contributed by atoms with van der Waals surface area (Å²) in [4.78, 5) is 34.7. The van der Waals surface area contributed by atoms with Crippen molar-refractivity contribution in [3.8, 4) is 0 Å².